The quantitative estimate of drug-likeness (QED) is 0.800. The van der Waals surface area contributed by atoms with Crippen molar-refractivity contribution in [2.45, 2.75) is 44.4 Å². The molecule has 0 aromatic carbocycles. The fourth-order valence-electron chi connectivity index (χ4n) is 2.70. The zero-order valence-corrected chi connectivity index (χ0v) is 10.4. The molecule has 0 amide bonds. The summed E-state index contributed by atoms with van der Waals surface area (Å²) in [6.07, 6.45) is 3.16. The van der Waals surface area contributed by atoms with E-state index in [1.807, 2.05) is 11.8 Å². The monoisotopic (exact) mass is 243 g/mol. The van der Waals surface area contributed by atoms with Gasteiger partial charge in [-0.15, -0.1) is 0 Å². The average Bonchev–Trinajstić information content (AvgIpc) is 2.76. The summed E-state index contributed by atoms with van der Waals surface area (Å²) in [7, 11) is 0. The van der Waals surface area contributed by atoms with Gasteiger partial charge >= 0.3 is 5.97 Å². The van der Waals surface area contributed by atoms with Crippen LogP contribution in [0.25, 0.3) is 0 Å². The second-order valence-corrected chi connectivity index (χ2v) is 4.79. The van der Waals surface area contributed by atoms with Crippen molar-refractivity contribution in [3.8, 4) is 0 Å². The molecule has 2 rings (SSSR count). The predicted octanol–water partition coefficient (Wildman–Crippen LogP) is 1.08. The summed E-state index contributed by atoms with van der Waals surface area (Å²) >= 11 is 0. The van der Waals surface area contributed by atoms with Crippen molar-refractivity contribution >= 4 is 5.97 Å². The average molecular weight is 243 g/mol. The third kappa shape index (κ3) is 2.78. The Morgan fingerprint density at radius 2 is 1.94 bits per heavy atom. The van der Waals surface area contributed by atoms with Crippen LogP contribution in [0.3, 0.4) is 0 Å². The molecular weight excluding hydrogens is 222 g/mol. The number of likely N-dealkylation sites (tertiary alicyclic amines) is 1. The number of ether oxygens (including phenoxy) is 2. The van der Waals surface area contributed by atoms with E-state index in [2.05, 4.69) is 0 Å². The van der Waals surface area contributed by atoms with Crippen LogP contribution in [0.2, 0.25) is 0 Å². The number of rotatable bonds is 4. The number of piperidine rings is 1. The third-order valence-electron chi connectivity index (χ3n) is 3.66. The van der Waals surface area contributed by atoms with E-state index < -0.39 is 11.8 Å². The molecule has 1 unspecified atom stereocenters. The number of carboxylic acid groups (broad SMARTS) is 1. The Labute approximate surface area is 102 Å². The van der Waals surface area contributed by atoms with Gasteiger partial charge in [0.05, 0.1) is 13.2 Å². The summed E-state index contributed by atoms with van der Waals surface area (Å²) < 4.78 is 11.3. The lowest BCUT2D eigenvalue weighted by molar-refractivity contribution is -0.190. The van der Waals surface area contributed by atoms with Gasteiger partial charge < -0.3 is 14.6 Å². The van der Waals surface area contributed by atoms with Crippen molar-refractivity contribution in [3.63, 3.8) is 0 Å². The van der Waals surface area contributed by atoms with Crippen LogP contribution in [0.1, 0.15) is 32.6 Å². The summed E-state index contributed by atoms with van der Waals surface area (Å²) in [6, 6.07) is -0.348. The van der Waals surface area contributed by atoms with Gasteiger partial charge in [-0.05, 0) is 6.42 Å². The molecule has 98 valence electrons. The molecule has 2 aliphatic rings. The van der Waals surface area contributed by atoms with Crippen LogP contribution in [0.5, 0.6) is 0 Å². The summed E-state index contributed by atoms with van der Waals surface area (Å²) in [5.74, 6) is -1.12. The number of hydrogen-bond donors (Lipinski definition) is 1. The van der Waals surface area contributed by atoms with E-state index in [0.717, 1.165) is 32.4 Å². The van der Waals surface area contributed by atoms with Crippen molar-refractivity contribution in [1.82, 2.24) is 4.90 Å². The van der Waals surface area contributed by atoms with Crippen molar-refractivity contribution in [2.75, 3.05) is 26.3 Å². The first kappa shape index (κ1) is 12.8. The Kier molecular flexibility index (Phi) is 4.01. The normalized spacial score (nSPS) is 26.2. The molecule has 2 aliphatic heterocycles. The molecule has 0 aromatic rings. The highest BCUT2D eigenvalue weighted by atomic mass is 16.7. The summed E-state index contributed by atoms with van der Waals surface area (Å²) in [5, 5.41) is 9.21. The van der Waals surface area contributed by atoms with Gasteiger partial charge in [0.15, 0.2) is 5.79 Å². The number of hydrogen-bond acceptors (Lipinski definition) is 4. The van der Waals surface area contributed by atoms with Gasteiger partial charge in [-0.2, -0.15) is 0 Å². The fourth-order valence-corrected chi connectivity index (χ4v) is 2.70. The highest BCUT2D eigenvalue weighted by Gasteiger charge is 2.41. The summed E-state index contributed by atoms with van der Waals surface area (Å²) in [6.45, 7) is 4.84. The second kappa shape index (κ2) is 5.33. The highest BCUT2D eigenvalue weighted by Crippen LogP contribution is 2.32. The third-order valence-corrected chi connectivity index (χ3v) is 3.66. The Hall–Kier alpha value is -0.650. The minimum atomic E-state index is -0.712. The zero-order valence-electron chi connectivity index (χ0n) is 10.4. The predicted molar refractivity (Wildman–Crippen MR) is 61.8 cm³/mol. The summed E-state index contributed by atoms with van der Waals surface area (Å²) in [5.41, 5.74) is 0. The maximum absolute atomic E-state index is 11.2. The van der Waals surface area contributed by atoms with E-state index in [1.54, 1.807) is 0 Å². The molecule has 0 radical (unpaired) electrons. The number of nitrogens with zero attached hydrogens (tertiary/aromatic N) is 1. The highest BCUT2D eigenvalue weighted by molar-refractivity contribution is 5.73. The van der Waals surface area contributed by atoms with Crippen LogP contribution in [0, 0.1) is 0 Å². The molecule has 1 atom stereocenters. The first-order valence-electron chi connectivity index (χ1n) is 6.42. The lowest BCUT2D eigenvalue weighted by atomic mass is 10.0. The lowest BCUT2D eigenvalue weighted by Crippen LogP contribution is -2.51. The van der Waals surface area contributed by atoms with Crippen LogP contribution < -0.4 is 0 Å². The zero-order chi connectivity index (χ0) is 12.3. The largest absolute Gasteiger partial charge is 0.480 e. The van der Waals surface area contributed by atoms with Crippen molar-refractivity contribution < 1.29 is 19.4 Å². The van der Waals surface area contributed by atoms with E-state index in [9.17, 15) is 9.90 Å². The van der Waals surface area contributed by atoms with Crippen molar-refractivity contribution in [2.24, 2.45) is 0 Å². The van der Waals surface area contributed by atoms with Gasteiger partial charge in [-0.1, -0.05) is 13.3 Å². The fraction of sp³-hybridized carbons (Fsp3) is 0.917. The molecule has 1 N–H and O–H groups in total. The van der Waals surface area contributed by atoms with Crippen LogP contribution in [0.15, 0.2) is 0 Å². The number of carbonyl (C=O) groups is 1. The standard InChI is InChI=1S/C12H21NO4/c1-2-3-10(11(14)15)13-6-4-12(5-7-13)16-8-9-17-12/h10H,2-9H2,1H3,(H,14,15). The topological polar surface area (TPSA) is 59.0 Å². The first-order chi connectivity index (χ1) is 8.17. The maximum atomic E-state index is 11.2. The SMILES string of the molecule is CCCC(C(=O)O)N1CCC2(CC1)OCCO2. The van der Waals surface area contributed by atoms with Crippen LogP contribution in [-0.4, -0.2) is 54.1 Å². The van der Waals surface area contributed by atoms with E-state index >= 15 is 0 Å². The molecule has 5 nitrogen and oxygen atoms in total. The molecule has 0 aromatic heterocycles. The molecular formula is C12H21NO4. The molecule has 0 bridgehead atoms. The lowest BCUT2D eigenvalue weighted by Gasteiger charge is -2.39. The van der Waals surface area contributed by atoms with Gasteiger partial charge in [0.25, 0.3) is 0 Å². The Morgan fingerprint density at radius 1 is 1.35 bits per heavy atom. The van der Waals surface area contributed by atoms with Crippen LogP contribution in [-0.2, 0) is 14.3 Å². The van der Waals surface area contributed by atoms with Crippen molar-refractivity contribution in [1.29, 1.82) is 0 Å². The Bertz CT molecular complexity index is 266. The summed E-state index contributed by atoms with van der Waals surface area (Å²) in [4.78, 5) is 13.2. The Balaban J connectivity index is 1.90. The minimum absolute atomic E-state index is 0.348. The van der Waals surface area contributed by atoms with Gasteiger partial charge in [-0.3, -0.25) is 9.69 Å². The molecule has 0 saturated carbocycles. The molecule has 1 spiro atoms. The van der Waals surface area contributed by atoms with E-state index in [1.165, 1.54) is 0 Å². The van der Waals surface area contributed by atoms with E-state index in [0.29, 0.717) is 19.6 Å². The maximum Gasteiger partial charge on any atom is 0.320 e. The van der Waals surface area contributed by atoms with E-state index in [-0.39, 0.29) is 6.04 Å². The molecule has 0 aliphatic carbocycles. The van der Waals surface area contributed by atoms with Crippen LogP contribution >= 0.6 is 0 Å². The number of carboxylic acids is 1. The van der Waals surface area contributed by atoms with Gasteiger partial charge in [0, 0.05) is 25.9 Å². The van der Waals surface area contributed by atoms with Gasteiger partial charge in [0.1, 0.15) is 6.04 Å². The van der Waals surface area contributed by atoms with Gasteiger partial charge in [-0.25, -0.2) is 0 Å². The second-order valence-electron chi connectivity index (χ2n) is 4.79. The molecule has 2 fully saturated rings. The molecule has 5 heteroatoms. The Morgan fingerprint density at radius 3 is 2.41 bits per heavy atom. The number of aliphatic carboxylic acids is 1. The first-order valence-corrected chi connectivity index (χ1v) is 6.42. The smallest absolute Gasteiger partial charge is 0.320 e. The van der Waals surface area contributed by atoms with Crippen molar-refractivity contribution in [3.05, 3.63) is 0 Å². The minimum Gasteiger partial charge on any atom is -0.480 e. The van der Waals surface area contributed by atoms with Gasteiger partial charge in [0.2, 0.25) is 0 Å². The molecule has 2 saturated heterocycles. The van der Waals surface area contributed by atoms with E-state index in [4.69, 9.17) is 9.47 Å². The molecule has 17 heavy (non-hydrogen) atoms. The molecule has 2 heterocycles. The van der Waals surface area contributed by atoms with Crippen LogP contribution in [0.4, 0.5) is 0 Å².